The molecule has 0 aliphatic rings. The number of benzene rings is 6. The van der Waals surface area contributed by atoms with E-state index in [0.717, 1.165) is 55.6 Å². The van der Waals surface area contributed by atoms with Gasteiger partial charge in [-0.1, -0.05) is 109 Å². The van der Waals surface area contributed by atoms with Crippen molar-refractivity contribution >= 4 is 84.9 Å². The minimum absolute atomic E-state index is 0.187. The van der Waals surface area contributed by atoms with Gasteiger partial charge in [0.2, 0.25) is 0 Å². The summed E-state index contributed by atoms with van der Waals surface area (Å²) in [6.07, 6.45) is -9.51. The van der Waals surface area contributed by atoms with Crippen LogP contribution in [0.3, 0.4) is 0 Å². The van der Waals surface area contributed by atoms with Gasteiger partial charge in [-0.25, -0.2) is 0 Å². The number of halogens is 9. The van der Waals surface area contributed by atoms with Crippen molar-refractivity contribution in [3.63, 3.8) is 0 Å². The summed E-state index contributed by atoms with van der Waals surface area (Å²) in [6, 6.07) is 38.3. The maximum atomic E-state index is 12.8. The van der Waals surface area contributed by atoms with E-state index in [1.807, 2.05) is 165 Å². The van der Waals surface area contributed by atoms with E-state index in [2.05, 4.69) is 9.47 Å². The molecule has 0 amide bonds. The molecule has 0 aromatic heterocycles. The van der Waals surface area contributed by atoms with E-state index in [1.54, 1.807) is 31.2 Å². The lowest BCUT2D eigenvalue weighted by Gasteiger charge is -2.15. The number of rotatable bonds is 8. The fraction of sp³-hybridized carbons (Fsp3) is 0.0750. The molecule has 264 valence electrons. The van der Waals surface area contributed by atoms with Crippen LogP contribution in [-0.2, 0) is 0 Å². The highest BCUT2D eigenvalue weighted by Gasteiger charge is 2.34. The molecule has 0 aliphatic carbocycles. The average Bonchev–Trinajstić information content (AvgIpc) is 3.10. The van der Waals surface area contributed by atoms with Gasteiger partial charge in [-0.15, -0.1) is 26.3 Å². The van der Waals surface area contributed by atoms with Crippen LogP contribution >= 0.6 is 80.0 Å². The summed E-state index contributed by atoms with van der Waals surface area (Å²) >= 11 is 11.4. The van der Waals surface area contributed by atoms with Gasteiger partial charge in [-0.3, -0.25) is 0 Å². The van der Waals surface area contributed by atoms with Gasteiger partial charge in [0.25, 0.3) is 0 Å². The molecule has 0 aliphatic heterocycles. The van der Waals surface area contributed by atoms with Gasteiger partial charge in [0.15, 0.2) is 5.75 Å². The quantitative estimate of drug-likeness (QED) is 0.0655. The number of thiocarbonyl (C=S) groups is 1. The van der Waals surface area contributed by atoms with E-state index in [4.69, 9.17) is 12.2 Å². The van der Waals surface area contributed by atoms with Gasteiger partial charge in [0.05, 0.1) is 15.6 Å². The molecule has 0 fully saturated rings. The van der Waals surface area contributed by atoms with Crippen LogP contribution in [0.15, 0.2) is 121 Å². The molecule has 0 heterocycles. The van der Waals surface area contributed by atoms with Crippen molar-refractivity contribution in [2.24, 2.45) is 0 Å². The summed E-state index contributed by atoms with van der Waals surface area (Å²) < 4.78 is 86.4. The second-order valence-corrected chi connectivity index (χ2v) is 15.5. The smallest absolute Gasteiger partial charge is 0.404 e. The molecule has 0 saturated heterocycles. The van der Waals surface area contributed by atoms with E-state index in [-0.39, 0.29) is 11.5 Å². The molecule has 52 heavy (non-hydrogen) atoms. The highest BCUT2D eigenvalue weighted by molar-refractivity contribution is 14.1. The van der Waals surface area contributed by atoms with Crippen LogP contribution in [0.25, 0.3) is 44.5 Å². The molecule has 2 nitrogen and oxygen atoms in total. The van der Waals surface area contributed by atoms with Crippen molar-refractivity contribution in [2.45, 2.75) is 19.6 Å². The number of hydrogen-bond donors (Lipinski definition) is 0. The number of alkyl halides is 6. The van der Waals surface area contributed by atoms with Crippen LogP contribution in [0.2, 0.25) is 0 Å². The molecule has 12 heteroatoms. The molecule has 6 aromatic rings. The fourth-order valence-corrected chi connectivity index (χ4v) is 8.72. The van der Waals surface area contributed by atoms with E-state index >= 15 is 0 Å². The number of ether oxygens (including phenoxy) is 2. The van der Waals surface area contributed by atoms with Crippen molar-refractivity contribution in [1.82, 2.24) is 0 Å². The van der Waals surface area contributed by atoms with Crippen molar-refractivity contribution in [1.29, 1.82) is 0 Å². The van der Waals surface area contributed by atoms with Gasteiger partial charge >= 0.3 is 12.7 Å². The van der Waals surface area contributed by atoms with E-state index in [9.17, 15) is 26.3 Å². The maximum Gasteiger partial charge on any atom is 0.573 e. The average molecular weight is 1060 g/mol. The predicted molar refractivity (Wildman–Crippen MR) is 222 cm³/mol. The fourth-order valence-electron chi connectivity index (χ4n) is 5.59. The molecule has 0 N–H and O–H groups in total. The Bertz CT molecular complexity index is 2050. The van der Waals surface area contributed by atoms with E-state index in [0.29, 0.717) is 21.1 Å². The highest BCUT2D eigenvalue weighted by atomic mass is 127. The topological polar surface area (TPSA) is 18.5 Å². The van der Waals surface area contributed by atoms with Gasteiger partial charge in [0, 0.05) is 0 Å². The summed E-state index contributed by atoms with van der Waals surface area (Å²) in [6.45, 7) is 1.59. The highest BCUT2D eigenvalue weighted by Crippen LogP contribution is 2.38. The molecule has 0 atom stereocenters. The lowest BCUT2D eigenvalue weighted by molar-refractivity contribution is -0.276. The summed E-state index contributed by atoms with van der Waals surface area (Å²) in [5.41, 5.74) is 9.47. The second-order valence-electron chi connectivity index (χ2n) is 11.6. The molecule has 0 saturated carbocycles. The lowest BCUT2D eigenvalue weighted by Crippen LogP contribution is -2.18. The van der Waals surface area contributed by atoms with Gasteiger partial charge in [-0.05, 0) is 160 Å². The number of hydrogen-bond acceptors (Lipinski definition) is 3. The van der Waals surface area contributed by atoms with E-state index < -0.39 is 12.7 Å². The first-order valence-corrected chi connectivity index (χ1v) is 19.0. The van der Waals surface area contributed by atoms with Crippen LogP contribution in [0, 0.1) is 17.6 Å². The Kier molecular flexibility index (Phi) is 11.6. The second kappa shape index (κ2) is 15.6. The summed E-state index contributed by atoms with van der Waals surface area (Å²) in [5.74, 6) is -0.387. The van der Waals surface area contributed by atoms with Crippen molar-refractivity contribution in [3.05, 3.63) is 149 Å². The molecule has 6 rings (SSSR count). The third-order valence-corrected chi connectivity index (χ3v) is 10.9. The molecular formula is C40H23F6I3O2S. The van der Waals surface area contributed by atoms with Crippen LogP contribution < -0.4 is 9.47 Å². The maximum absolute atomic E-state index is 12.8. The zero-order valence-corrected chi connectivity index (χ0v) is 34.0. The molecule has 0 unspecified atom stereocenters. The Morgan fingerprint density at radius 3 is 1.04 bits per heavy atom. The summed E-state index contributed by atoms with van der Waals surface area (Å²) in [7, 11) is 0. The third-order valence-electron chi connectivity index (χ3n) is 8.06. The molecular weight excluding hydrogens is 1040 g/mol. The van der Waals surface area contributed by atoms with Crippen LogP contribution in [0.1, 0.15) is 16.7 Å². The Hall–Kier alpha value is -3.22. The summed E-state index contributed by atoms with van der Waals surface area (Å²) in [4.78, 5) is 0.703. The summed E-state index contributed by atoms with van der Waals surface area (Å²) in [5, 5.41) is 0. The minimum atomic E-state index is -4.76. The van der Waals surface area contributed by atoms with Crippen molar-refractivity contribution in [2.75, 3.05) is 0 Å². The zero-order chi connectivity index (χ0) is 37.4. The first-order chi connectivity index (χ1) is 24.5. The zero-order valence-electron chi connectivity index (χ0n) is 26.7. The standard InChI is InChI=1S/C40H23F6I3O2S/c1-22-18-31(19-33(47)36(22)50-39(41,42)43)27-6-2-23(3-7-27)25-10-14-29(15-11-25)38(52)30-16-12-26(13-17-30)24-4-8-28(9-5-24)32-20-34(48)37(35(49)21-32)51-40(44,45)46/h2-21H,1H3. The van der Waals surface area contributed by atoms with Crippen LogP contribution in [0.5, 0.6) is 11.5 Å². The van der Waals surface area contributed by atoms with Gasteiger partial charge in [0.1, 0.15) is 5.75 Å². The van der Waals surface area contributed by atoms with Crippen molar-refractivity contribution in [3.8, 4) is 56.0 Å². The first kappa shape index (κ1) is 38.5. The largest absolute Gasteiger partial charge is 0.573 e. The third kappa shape index (κ3) is 9.28. The Labute approximate surface area is 342 Å². The minimum Gasteiger partial charge on any atom is -0.404 e. The monoisotopic (exact) mass is 1060 g/mol. The number of aryl methyl sites for hydroxylation is 1. The van der Waals surface area contributed by atoms with Gasteiger partial charge < -0.3 is 9.47 Å². The van der Waals surface area contributed by atoms with Crippen LogP contribution in [-0.4, -0.2) is 17.6 Å². The normalized spacial score (nSPS) is 11.7. The SMILES string of the molecule is Cc1cc(-c2ccc(-c3ccc(C(=S)c4ccc(-c5ccc(-c6cc(I)c(OC(F)(F)F)c(I)c6)cc5)cc4)cc3)cc2)cc(I)c1OC(F)(F)F. The molecule has 0 bridgehead atoms. The molecule has 0 radical (unpaired) electrons. The molecule has 6 aromatic carbocycles. The van der Waals surface area contributed by atoms with Crippen molar-refractivity contribution < 1.29 is 35.8 Å². The predicted octanol–water partition coefficient (Wildman–Crippen LogP) is 14.0. The van der Waals surface area contributed by atoms with E-state index in [1.165, 1.54) is 0 Å². The Balaban J connectivity index is 1.12. The Morgan fingerprint density at radius 1 is 0.442 bits per heavy atom. The van der Waals surface area contributed by atoms with Crippen LogP contribution in [0.4, 0.5) is 26.3 Å². The molecule has 0 spiro atoms. The first-order valence-electron chi connectivity index (χ1n) is 15.3. The van der Waals surface area contributed by atoms with Gasteiger partial charge in [-0.2, -0.15) is 0 Å². The lowest BCUT2D eigenvalue weighted by atomic mass is 9.96. The Morgan fingerprint density at radius 2 is 0.712 bits per heavy atom.